The predicted molar refractivity (Wildman–Crippen MR) is 120 cm³/mol. The lowest BCUT2D eigenvalue weighted by atomic mass is 10.1. The van der Waals surface area contributed by atoms with Crippen LogP contribution in [-0.2, 0) is 10.0 Å². The highest BCUT2D eigenvalue weighted by Crippen LogP contribution is 2.28. The van der Waals surface area contributed by atoms with E-state index in [1.54, 1.807) is 23.6 Å². The molecule has 6 nitrogen and oxygen atoms in total. The fourth-order valence-corrected chi connectivity index (χ4v) is 5.45. The molecule has 0 atom stereocenters. The molecule has 4 rings (SSSR count). The fourth-order valence-electron chi connectivity index (χ4n) is 2.69. The van der Waals surface area contributed by atoms with E-state index >= 15 is 0 Å². The van der Waals surface area contributed by atoms with Gasteiger partial charge in [0.2, 0.25) is 5.13 Å². The Kier molecular flexibility index (Phi) is 5.67. The minimum absolute atomic E-state index is 0.157. The number of benzene rings is 2. The molecule has 152 valence electrons. The molecule has 0 saturated carbocycles. The van der Waals surface area contributed by atoms with Gasteiger partial charge in [0.25, 0.3) is 10.0 Å². The zero-order valence-electron chi connectivity index (χ0n) is 15.8. The molecule has 2 heterocycles. The van der Waals surface area contributed by atoms with Crippen LogP contribution < -0.4 is 9.83 Å². The van der Waals surface area contributed by atoms with Crippen molar-refractivity contribution in [1.82, 2.24) is 4.98 Å². The van der Waals surface area contributed by atoms with Crippen LogP contribution >= 0.6 is 22.7 Å². The van der Waals surface area contributed by atoms with Crippen molar-refractivity contribution in [3.05, 3.63) is 82.6 Å². The molecular weight excluding hydrogens is 438 g/mol. The van der Waals surface area contributed by atoms with Crippen LogP contribution in [0, 0.1) is 6.92 Å². The number of thiazole rings is 1. The Morgan fingerprint density at radius 1 is 1.03 bits per heavy atom. The van der Waals surface area contributed by atoms with Gasteiger partial charge in [-0.05, 0) is 30.3 Å². The summed E-state index contributed by atoms with van der Waals surface area (Å²) in [5.41, 5.74) is 3.16. The lowest BCUT2D eigenvalue weighted by molar-refractivity contribution is -0.212. The van der Waals surface area contributed by atoms with Crippen molar-refractivity contribution in [2.24, 2.45) is 4.99 Å². The Balaban J connectivity index is 1.62. The van der Waals surface area contributed by atoms with Gasteiger partial charge < -0.3 is 5.11 Å². The third kappa shape index (κ3) is 4.43. The maximum atomic E-state index is 12.8. The van der Waals surface area contributed by atoms with Gasteiger partial charge in [0.15, 0.2) is 0 Å². The zero-order chi connectivity index (χ0) is 21.1. The lowest BCUT2D eigenvalue weighted by Gasteiger charge is -2.16. The van der Waals surface area contributed by atoms with E-state index in [1.807, 2.05) is 36.6 Å². The average molecular weight is 455 g/mol. The molecule has 0 fully saturated rings. The number of aliphatic imine (C=N–C) groups is 1. The zero-order valence-corrected chi connectivity index (χ0v) is 18.2. The molecule has 2 aromatic heterocycles. The number of nitrogens with one attached hydrogen (secondary N) is 1. The highest BCUT2D eigenvalue weighted by Gasteiger charge is 2.17. The number of anilines is 1. The van der Waals surface area contributed by atoms with Crippen LogP contribution in [0.1, 0.15) is 11.1 Å². The van der Waals surface area contributed by atoms with Gasteiger partial charge in [-0.15, -0.1) is 22.7 Å². The monoisotopic (exact) mass is 454 g/mol. The van der Waals surface area contributed by atoms with E-state index < -0.39 is 15.9 Å². The smallest absolute Gasteiger partial charge is 0.271 e. The number of rotatable bonds is 6. The first-order chi connectivity index (χ1) is 14.4. The number of aromatic nitrogens is 1. The van der Waals surface area contributed by atoms with E-state index in [0.717, 1.165) is 28.2 Å². The van der Waals surface area contributed by atoms with Gasteiger partial charge in [0, 0.05) is 16.5 Å². The van der Waals surface area contributed by atoms with Crippen LogP contribution in [0.3, 0.4) is 0 Å². The first kappa shape index (κ1) is 20.3. The molecule has 0 bridgehead atoms. The molecule has 30 heavy (non-hydrogen) atoms. The van der Waals surface area contributed by atoms with Crippen LogP contribution in [0.2, 0.25) is 0 Å². The first-order valence-electron chi connectivity index (χ1n) is 8.86. The summed E-state index contributed by atoms with van der Waals surface area (Å²) < 4.78 is 27.7. The minimum Gasteiger partial charge on any atom is -0.858 e. The van der Waals surface area contributed by atoms with Crippen molar-refractivity contribution in [2.45, 2.75) is 11.1 Å². The predicted octanol–water partition coefficient (Wildman–Crippen LogP) is 4.42. The molecule has 0 amide bonds. The Hall–Kier alpha value is -3.01. The topological polar surface area (TPSA) is 94.5 Å². The number of aryl methyl sites for hydroxylation is 1. The molecule has 0 aliphatic carbocycles. The van der Waals surface area contributed by atoms with Crippen LogP contribution in [0.4, 0.5) is 10.8 Å². The summed E-state index contributed by atoms with van der Waals surface area (Å²) in [6.45, 7) is 2.01. The van der Waals surface area contributed by atoms with Crippen molar-refractivity contribution in [1.29, 1.82) is 0 Å². The molecule has 0 aliphatic heterocycles. The van der Waals surface area contributed by atoms with Crippen molar-refractivity contribution in [3.63, 3.8) is 0 Å². The molecule has 0 saturated heterocycles. The quantitative estimate of drug-likeness (QED) is 0.345. The number of thiophene rings is 1. The lowest BCUT2D eigenvalue weighted by Crippen LogP contribution is -2.22. The number of para-hydroxylation sites is 1. The largest absolute Gasteiger partial charge is 0.858 e. The van der Waals surface area contributed by atoms with E-state index in [4.69, 9.17) is 0 Å². The molecule has 9 heteroatoms. The molecule has 0 aliphatic rings. The van der Waals surface area contributed by atoms with E-state index in [9.17, 15) is 13.5 Å². The summed E-state index contributed by atoms with van der Waals surface area (Å²) in [6, 6.07) is 17.4. The number of sulfonamides is 1. The van der Waals surface area contributed by atoms with Gasteiger partial charge in [-0.25, -0.2) is 18.4 Å². The van der Waals surface area contributed by atoms with Gasteiger partial charge in [-0.3, -0.25) is 4.72 Å². The van der Waals surface area contributed by atoms with Gasteiger partial charge in [0.1, 0.15) is 4.21 Å². The van der Waals surface area contributed by atoms with E-state index in [0.29, 0.717) is 5.13 Å². The summed E-state index contributed by atoms with van der Waals surface area (Å²) in [6.07, 6.45) is 0. The summed E-state index contributed by atoms with van der Waals surface area (Å²) in [4.78, 5) is 8.50. The second kappa shape index (κ2) is 8.39. The average Bonchev–Trinajstić information content (AvgIpc) is 3.41. The fraction of sp³-hybridized carbons (Fsp3) is 0.0476. The third-order valence-corrected chi connectivity index (χ3v) is 7.70. The highest BCUT2D eigenvalue weighted by atomic mass is 32.2. The Bertz CT molecular complexity index is 1290. The van der Waals surface area contributed by atoms with Crippen molar-refractivity contribution in [3.8, 4) is 11.3 Å². The maximum absolute atomic E-state index is 12.8. The Morgan fingerprint density at radius 2 is 1.80 bits per heavy atom. The molecule has 0 unspecified atom stereocenters. The van der Waals surface area contributed by atoms with Crippen LogP contribution in [0.5, 0.6) is 0 Å². The molecule has 2 aromatic carbocycles. The SMILES string of the molecule is Cc1ccc(-c2csc(N=C([O-])c3ccccc3NS(=O)(=O)c3cccs3)n2)cc1. The Labute approximate surface area is 182 Å². The van der Waals surface area contributed by atoms with Crippen LogP contribution in [0.25, 0.3) is 11.3 Å². The summed E-state index contributed by atoms with van der Waals surface area (Å²) >= 11 is 2.35. The van der Waals surface area contributed by atoms with Gasteiger partial charge in [-0.2, -0.15) is 0 Å². The summed E-state index contributed by atoms with van der Waals surface area (Å²) in [7, 11) is -3.77. The van der Waals surface area contributed by atoms with E-state index in [1.165, 1.54) is 29.5 Å². The normalized spacial score (nSPS) is 12.1. The molecule has 4 aromatic rings. The standard InChI is InChI=1S/C21H17N3O3S3/c1-14-8-10-15(11-9-14)18-13-29-21(22-18)23-20(25)16-5-2-3-6-17(16)24-30(26,27)19-7-4-12-28-19/h2-13,24H,1H3,(H,22,23,25)/p-1. The summed E-state index contributed by atoms with van der Waals surface area (Å²) in [5.74, 6) is -0.565. The molecular formula is C21H16N3O3S3-. The maximum Gasteiger partial charge on any atom is 0.271 e. The summed E-state index contributed by atoms with van der Waals surface area (Å²) in [5, 5.41) is 16.6. The van der Waals surface area contributed by atoms with Crippen molar-refractivity contribution < 1.29 is 13.5 Å². The van der Waals surface area contributed by atoms with Crippen molar-refractivity contribution in [2.75, 3.05) is 4.72 Å². The molecule has 0 spiro atoms. The van der Waals surface area contributed by atoms with Gasteiger partial charge in [-0.1, -0.05) is 54.1 Å². The van der Waals surface area contributed by atoms with Gasteiger partial charge >= 0.3 is 0 Å². The highest BCUT2D eigenvalue weighted by molar-refractivity contribution is 7.94. The first-order valence-corrected chi connectivity index (χ1v) is 12.1. The molecule has 1 N–H and O–H groups in total. The van der Waals surface area contributed by atoms with Crippen LogP contribution in [0.15, 0.2) is 80.6 Å². The second-order valence-electron chi connectivity index (χ2n) is 6.38. The number of hydrogen-bond donors (Lipinski definition) is 1. The Morgan fingerprint density at radius 3 is 2.53 bits per heavy atom. The van der Waals surface area contributed by atoms with E-state index in [2.05, 4.69) is 14.7 Å². The van der Waals surface area contributed by atoms with Crippen LogP contribution in [-0.4, -0.2) is 19.3 Å². The minimum atomic E-state index is -3.77. The van der Waals surface area contributed by atoms with E-state index in [-0.39, 0.29) is 15.5 Å². The second-order valence-corrected chi connectivity index (χ2v) is 10.1. The number of hydrogen-bond acceptors (Lipinski definition) is 7. The third-order valence-electron chi connectivity index (χ3n) is 4.20. The number of nitrogens with zero attached hydrogens (tertiary/aromatic N) is 2. The van der Waals surface area contributed by atoms with Crippen molar-refractivity contribution >= 4 is 49.4 Å². The molecule has 0 radical (unpaired) electrons. The van der Waals surface area contributed by atoms with Gasteiger partial charge in [0.05, 0.1) is 11.4 Å².